The van der Waals surface area contributed by atoms with E-state index in [1.165, 1.54) is 6.92 Å². The summed E-state index contributed by atoms with van der Waals surface area (Å²) in [4.78, 5) is 22.7. The molecule has 1 heterocycles. The third kappa shape index (κ3) is 5.69. The number of anilines is 1. The van der Waals surface area contributed by atoms with E-state index in [9.17, 15) is 13.6 Å². The first-order valence-corrected chi connectivity index (χ1v) is 10.0. The number of amides is 1. The molecule has 27 heavy (non-hydrogen) atoms. The van der Waals surface area contributed by atoms with Gasteiger partial charge in [-0.3, -0.25) is 14.7 Å². The molecule has 4 nitrogen and oxygen atoms in total. The van der Waals surface area contributed by atoms with Crippen molar-refractivity contribution < 1.29 is 13.6 Å². The topological polar surface area (TPSA) is 46.1 Å². The van der Waals surface area contributed by atoms with Crippen LogP contribution in [0.15, 0.2) is 12.4 Å². The maximum atomic E-state index is 14.2. The van der Waals surface area contributed by atoms with E-state index < -0.39 is 11.8 Å². The summed E-state index contributed by atoms with van der Waals surface area (Å²) >= 11 is 0. The molecule has 0 unspecified atom stereocenters. The van der Waals surface area contributed by atoms with Gasteiger partial charge in [0.25, 0.3) is 5.92 Å². The highest BCUT2D eigenvalue weighted by atomic mass is 19.3. The Balaban J connectivity index is 2.11. The first-order valence-electron chi connectivity index (χ1n) is 10.0. The molecular formula is C21H33F2N3O. The molecule has 2 rings (SSSR count). The van der Waals surface area contributed by atoms with Gasteiger partial charge >= 0.3 is 0 Å². The molecule has 1 aliphatic rings. The Bertz CT molecular complexity index is 625. The second-order valence-corrected chi connectivity index (χ2v) is 8.88. The molecule has 1 aromatic rings. The number of carbonyl (C=O) groups excluding carboxylic acids is 1. The van der Waals surface area contributed by atoms with E-state index in [4.69, 9.17) is 0 Å². The van der Waals surface area contributed by atoms with Crippen LogP contribution >= 0.6 is 0 Å². The summed E-state index contributed by atoms with van der Waals surface area (Å²) in [5.74, 6) is -2.73. The number of hydrogen-bond donors (Lipinski definition) is 0. The molecule has 0 bridgehead atoms. The quantitative estimate of drug-likeness (QED) is 0.665. The summed E-state index contributed by atoms with van der Waals surface area (Å²) in [6.07, 6.45) is 6.43. The van der Waals surface area contributed by atoms with E-state index in [0.717, 1.165) is 18.5 Å². The number of unbranched alkanes of at least 4 members (excludes halogenated alkanes) is 1. The van der Waals surface area contributed by atoms with Crippen molar-refractivity contribution in [2.45, 2.75) is 84.5 Å². The normalized spacial score (nSPS) is 22.5. The lowest BCUT2D eigenvalue weighted by molar-refractivity contribution is -0.117. The van der Waals surface area contributed by atoms with Gasteiger partial charge in [-0.05, 0) is 25.2 Å². The van der Waals surface area contributed by atoms with Gasteiger partial charge in [0.15, 0.2) is 5.82 Å². The molecule has 1 saturated carbocycles. The van der Waals surface area contributed by atoms with Gasteiger partial charge in [-0.25, -0.2) is 13.8 Å². The highest BCUT2D eigenvalue weighted by molar-refractivity contribution is 5.90. The number of carbonyl (C=O) groups is 1. The molecule has 1 amide bonds. The fourth-order valence-electron chi connectivity index (χ4n) is 3.73. The minimum absolute atomic E-state index is 0.0690. The number of aromatic nitrogens is 2. The lowest BCUT2D eigenvalue weighted by Crippen LogP contribution is -2.41. The lowest BCUT2D eigenvalue weighted by Gasteiger charge is -2.37. The van der Waals surface area contributed by atoms with E-state index in [0.29, 0.717) is 31.6 Å². The minimum Gasteiger partial charge on any atom is -0.296 e. The third-order valence-electron chi connectivity index (χ3n) is 5.51. The van der Waals surface area contributed by atoms with Crippen LogP contribution in [0.25, 0.3) is 0 Å². The van der Waals surface area contributed by atoms with Crippen molar-refractivity contribution in [2.24, 2.45) is 11.8 Å². The predicted octanol–water partition coefficient (Wildman–Crippen LogP) is 5.37. The van der Waals surface area contributed by atoms with Crippen LogP contribution in [0.5, 0.6) is 0 Å². The smallest absolute Gasteiger partial charge is 0.250 e. The van der Waals surface area contributed by atoms with Crippen molar-refractivity contribution in [3.63, 3.8) is 0 Å². The number of nitrogens with zero attached hydrogens (tertiary/aromatic N) is 3. The molecule has 2 atom stereocenters. The highest BCUT2D eigenvalue weighted by Gasteiger charge is 2.44. The van der Waals surface area contributed by atoms with Crippen molar-refractivity contribution >= 4 is 11.7 Å². The molecule has 1 aliphatic carbocycles. The summed E-state index contributed by atoms with van der Waals surface area (Å²) in [5, 5.41) is 0. The molecule has 0 aliphatic heterocycles. The first-order chi connectivity index (χ1) is 12.5. The van der Waals surface area contributed by atoms with Crippen LogP contribution in [0.4, 0.5) is 14.6 Å². The zero-order chi connectivity index (χ0) is 20.2. The Morgan fingerprint density at radius 3 is 2.52 bits per heavy atom. The van der Waals surface area contributed by atoms with Crippen LogP contribution in [0.3, 0.4) is 0 Å². The van der Waals surface area contributed by atoms with Crippen molar-refractivity contribution in [1.29, 1.82) is 0 Å². The first kappa shape index (κ1) is 21.7. The maximum absolute atomic E-state index is 14.2. The average Bonchev–Trinajstić information content (AvgIpc) is 2.58. The molecule has 0 saturated heterocycles. The Morgan fingerprint density at radius 2 is 2.00 bits per heavy atom. The number of halogens is 2. The van der Waals surface area contributed by atoms with Gasteiger partial charge in [0.05, 0.1) is 18.1 Å². The van der Waals surface area contributed by atoms with Crippen molar-refractivity contribution in [1.82, 2.24) is 9.97 Å². The largest absolute Gasteiger partial charge is 0.296 e. The van der Waals surface area contributed by atoms with Crippen LogP contribution in [0, 0.1) is 11.8 Å². The standard InChI is InChI=1S/C21H33F2N3O/c1-6-7-8-17-11-16(9-10-21(17,22)23)14-26(15(2)27)19-13-24-18(12-25-19)20(3,4)5/h12-13,16-17H,6-11,14H2,1-5H3/t16-,17-/m1/s1. The molecule has 0 aromatic carbocycles. The minimum atomic E-state index is -2.58. The monoisotopic (exact) mass is 381 g/mol. The molecule has 1 aromatic heterocycles. The van der Waals surface area contributed by atoms with E-state index in [2.05, 4.69) is 30.7 Å². The molecule has 1 fully saturated rings. The third-order valence-corrected chi connectivity index (χ3v) is 5.51. The second-order valence-electron chi connectivity index (χ2n) is 8.88. The summed E-state index contributed by atoms with van der Waals surface area (Å²) in [5.41, 5.74) is 0.736. The van der Waals surface area contributed by atoms with Crippen molar-refractivity contribution in [3.05, 3.63) is 18.1 Å². The molecule has 0 N–H and O–H groups in total. The van der Waals surface area contributed by atoms with Crippen molar-refractivity contribution in [2.75, 3.05) is 11.4 Å². The van der Waals surface area contributed by atoms with E-state index >= 15 is 0 Å². The van der Waals surface area contributed by atoms with Crippen molar-refractivity contribution in [3.8, 4) is 0 Å². The van der Waals surface area contributed by atoms with E-state index in [-0.39, 0.29) is 23.7 Å². The molecule has 6 heteroatoms. The van der Waals surface area contributed by atoms with Crippen LogP contribution in [0.1, 0.15) is 78.8 Å². The lowest BCUT2D eigenvalue weighted by atomic mass is 9.76. The molecule has 0 spiro atoms. The van der Waals surface area contributed by atoms with Crippen LogP contribution < -0.4 is 4.90 Å². The van der Waals surface area contributed by atoms with Gasteiger partial charge in [0.2, 0.25) is 5.91 Å². The number of rotatable bonds is 6. The Kier molecular flexibility index (Phi) is 6.92. The average molecular weight is 382 g/mol. The summed E-state index contributed by atoms with van der Waals surface area (Å²) in [7, 11) is 0. The van der Waals surface area contributed by atoms with Crippen LogP contribution in [0.2, 0.25) is 0 Å². The second kappa shape index (κ2) is 8.61. The van der Waals surface area contributed by atoms with Crippen LogP contribution in [-0.4, -0.2) is 28.3 Å². The highest BCUT2D eigenvalue weighted by Crippen LogP contribution is 2.43. The summed E-state index contributed by atoms with van der Waals surface area (Å²) < 4.78 is 28.5. The van der Waals surface area contributed by atoms with Crippen LogP contribution in [-0.2, 0) is 10.2 Å². The van der Waals surface area contributed by atoms with Gasteiger partial charge in [-0.2, -0.15) is 0 Å². The van der Waals surface area contributed by atoms with Gasteiger partial charge in [-0.15, -0.1) is 0 Å². The zero-order valence-corrected chi connectivity index (χ0v) is 17.3. The SMILES string of the molecule is CCCC[C@@H]1C[C@H](CN(C(C)=O)c2cnc(C(C)(C)C)cn2)CCC1(F)F. The zero-order valence-electron chi connectivity index (χ0n) is 17.3. The number of alkyl halides is 2. The fraction of sp³-hybridized carbons (Fsp3) is 0.762. The van der Waals surface area contributed by atoms with E-state index in [1.54, 1.807) is 17.3 Å². The summed E-state index contributed by atoms with van der Waals surface area (Å²) in [6.45, 7) is 10.1. The summed E-state index contributed by atoms with van der Waals surface area (Å²) in [6, 6.07) is 0. The van der Waals surface area contributed by atoms with Gasteiger partial charge in [0, 0.05) is 31.2 Å². The fourth-order valence-corrected chi connectivity index (χ4v) is 3.73. The Hall–Kier alpha value is -1.59. The molecule has 152 valence electrons. The van der Waals surface area contributed by atoms with Gasteiger partial charge < -0.3 is 0 Å². The number of hydrogen-bond acceptors (Lipinski definition) is 3. The van der Waals surface area contributed by atoms with Gasteiger partial charge in [-0.1, -0.05) is 40.5 Å². The van der Waals surface area contributed by atoms with Gasteiger partial charge in [0.1, 0.15) is 0 Å². The van der Waals surface area contributed by atoms with E-state index in [1.807, 2.05) is 6.92 Å². The Labute approximate surface area is 161 Å². The predicted molar refractivity (Wildman–Crippen MR) is 104 cm³/mol. The Morgan fingerprint density at radius 1 is 1.30 bits per heavy atom. The maximum Gasteiger partial charge on any atom is 0.250 e. The molecule has 0 radical (unpaired) electrons. The molecular weight excluding hydrogens is 348 g/mol.